The van der Waals surface area contributed by atoms with E-state index >= 15 is 0 Å². The Morgan fingerprint density at radius 1 is 1.40 bits per heavy atom. The molecule has 0 aliphatic rings. The van der Waals surface area contributed by atoms with Crippen LogP contribution in [0.5, 0.6) is 0 Å². The molecule has 82 valence electrons. The molecule has 0 unspecified atom stereocenters. The summed E-state index contributed by atoms with van der Waals surface area (Å²) in [7, 11) is 0. The van der Waals surface area contributed by atoms with E-state index in [1.54, 1.807) is 6.20 Å². The fourth-order valence-electron chi connectivity index (χ4n) is 1.37. The molecule has 2 nitrogen and oxygen atoms in total. The number of aromatic nitrogens is 1. The highest BCUT2D eigenvalue weighted by Crippen LogP contribution is 2.09. The summed E-state index contributed by atoms with van der Waals surface area (Å²) < 4.78 is 0.949. The van der Waals surface area contributed by atoms with Crippen LogP contribution in [0.3, 0.4) is 0 Å². The molecule has 0 N–H and O–H groups in total. The second-order valence-electron chi connectivity index (χ2n) is 3.64. The summed E-state index contributed by atoms with van der Waals surface area (Å²) in [6.07, 6.45) is 6.19. The van der Waals surface area contributed by atoms with E-state index in [1.165, 1.54) is 0 Å². The largest absolute Gasteiger partial charge is 0.299 e. The van der Waals surface area contributed by atoms with E-state index in [0.29, 0.717) is 18.6 Å². The summed E-state index contributed by atoms with van der Waals surface area (Å²) >= 11 is 3.32. The number of hydrogen-bond donors (Lipinski definition) is 0. The van der Waals surface area contributed by atoms with Gasteiger partial charge in [-0.15, -0.1) is 0 Å². The maximum Gasteiger partial charge on any atom is 0.138 e. The summed E-state index contributed by atoms with van der Waals surface area (Å²) in [6.45, 7) is 2.14. The lowest BCUT2D eigenvalue weighted by Gasteiger charge is -2.00. The van der Waals surface area contributed by atoms with E-state index in [1.807, 2.05) is 12.1 Å². The molecule has 0 spiro atoms. The highest BCUT2D eigenvalue weighted by Gasteiger charge is 2.04. The molecule has 1 aromatic heterocycles. The van der Waals surface area contributed by atoms with E-state index < -0.39 is 0 Å². The Balaban J connectivity index is 2.34. The van der Waals surface area contributed by atoms with Crippen LogP contribution < -0.4 is 0 Å². The van der Waals surface area contributed by atoms with Crippen LogP contribution in [0.1, 0.15) is 38.3 Å². The molecule has 0 atom stereocenters. The number of hydrogen-bond acceptors (Lipinski definition) is 2. The molecule has 0 radical (unpaired) electrons. The van der Waals surface area contributed by atoms with Gasteiger partial charge in [-0.1, -0.05) is 19.8 Å². The van der Waals surface area contributed by atoms with Crippen LogP contribution in [0.15, 0.2) is 22.8 Å². The Morgan fingerprint density at radius 2 is 2.20 bits per heavy atom. The summed E-state index contributed by atoms with van der Waals surface area (Å²) in [6, 6.07) is 3.81. The summed E-state index contributed by atoms with van der Waals surface area (Å²) in [5.74, 6) is 0.290. The first-order valence-electron chi connectivity index (χ1n) is 5.34. The van der Waals surface area contributed by atoms with Gasteiger partial charge in [0.1, 0.15) is 5.78 Å². The molecule has 0 aliphatic heterocycles. The third-order valence-corrected chi connectivity index (χ3v) is 2.70. The average molecular weight is 270 g/mol. The summed E-state index contributed by atoms with van der Waals surface area (Å²) in [5, 5.41) is 0. The maximum absolute atomic E-state index is 11.5. The van der Waals surface area contributed by atoms with Crippen LogP contribution >= 0.6 is 15.9 Å². The number of unbranched alkanes of at least 4 members (excludes halogenated alkanes) is 2. The molecule has 3 heteroatoms. The zero-order valence-corrected chi connectivity index (χ0v) is 10.6. The minimum Gasteiger partial charge on any atom is -0.299 e. The van der Waals surface area contributed by atoms with Crippen molar-refractivity contribution in [3.05, 3.63) is 28.5 Å². The van der Waals surface area contributed by atoms with Crippen molar-refractivity contribution < 1.29 is 4.79 Å². The number of Topliss-reactive ketones (excluding diaryl/α,β-unsaturated/α-hetero) is 1. The molecule has 1 rings (SSSR count). The van der Waals surface area contributed by atoms with Gasteiger partial charge in [-0.3, -0.25) is 9.78 Å². The van der Waals surface area contributed by atoms with E-state index in [0.717, 1.165) is 29.4 Å². The van der Waals surface area contributed by atoms with Gasteiger partial charge < -0.3 is 0 Å². The monoisotopic (exact) mass is 269 g/mol. The van der Waals surface area contributed by atoms with Crippen LogP contribution in [0.25, 0.3) is 0 Å². The zero-order valence-electron chi connectivity index (χ0n) is 9.00. The molecule has 15 heavy (non-hydrogen) atoms. The molecule has 0 saturated heterocycles. The molecule has 1 aromatic rings. The lowest BCUT2D eigenvalue weighted by atomic mass is 10.1. The first kappa shape index (κ1) is 12.4. The number of carbonyl (C=O) groups excluding carboxylic acids is 1. The molecule has 0 fully saturated rings. The fourth-order valence-corrected chi connectivity index (χ4v) is 1.61. The van der Waals surface area contributed by atoms with Crippen molar-refractivity contribution in [3.8, 4) is 0 Å². The predicted molar refractivity (Wildman–Crippen MR) is 64.8 cm³/mol. The molecule has 0 amide bonds. The van der Waals surface area contributed by atoms with Gasteiger partial charge in [-0.05, 0) is 34.5 Å². The Morgan fingerprint density at radius 3 is 2.80 bits per heavy atom. The fraction of sp³-hybridized carbons (Fsp3) is 0.500. The minimum atomic E-state index is 0.290. The number of ketones is 1. The van der Waals surface area contributed by atoms with Crippen molar-refractivity contribution in [3.63, 3.8) is 0 Å². The van der Waals surface area contributed by atoms with Crippen molar-refractivity contribution in [2.24, 2.45) is 0 Å². The lowest BCUT2D eigenvalue weighted by molar-refractivity contribution is -0.118. The van der Waals surface area contributed by atoms with Crippen molar-refractivity contribution in [2.75, 3.05) is 0 Å². The quantitative estimate of drug-likeness (QED) is 0.740. The second kappa shape index (κ2) is 6.72. The Bertz CT molecular complexity index is 308. The van der Waals surface area contributed by atoms with E-state index in [2.05, 4.69) is 27.8 Å². The summed E-state index contributed by atoms with van der Waals surface area (Å²) in [4.78, 5) is 15.7. The molecular weight excluding hydrogens is 254 g/mol. The van der Waals surface area contributed by atoms with E-state index in [-0.39, 0.29) is 0 Å². The Hall–Kier alpha value is -0.700. The van der Waals surface area contributed by atoms with E-state index in [9.17, 15) is 4.79 Å². The topological polar surface area (TPSA) is 30.0 Å². The molecule has 0 aromatic carbocycles. The Kier molecular flexibility index (Phi) is 5.54. The number of pyridine rings is 1. The first-order chi connectivity index (χ1) is 7.22. The highest BCUT2D eigenvalue weighted by molar-refractivity contribution is 9.10. The molecule has 0 aliphatic carbocycles. The third kappa shape index (κ3) is 5.07. The summed E-state index contributed by atoms with van der Waals surface area (Å²) in [5.41, 5.74) is 0.861. The molecular formula is C12H16BrNO. The van der Waals surface area contributed by atoms with Gasteiger partial charge in [0.2, 0.25) is 0 Å². The van der Waals surface area contributed by atoms with Gasteiger partial charge in [0.25, 0.3) is 0 Å². The van der Waals surface area contributed by atoms with Crippen LogP contribution in [-0.4, -0.2) is 10.8 Å². The average Bonchev–Trinajstić information content (AvgIpc) is 2.22. The highest BCUT2D eigenvalue weighted by atomic mass is 79.9. The van der Waals surface area contributed by atoms with Crippen LogP contribution in [0.4, 0.5) is 0 Å². The SMILES string of the molecule is CCCCCC(=O)Cc1ccc(Br)cn1. The van der Waals surface area contributed by atoms with Gasteiger partial charge in [-0.25, -0.2) is 0 Å². The van der Waals surface area contributed by atoms with Gasteiger partial charge in [0, 0.05) is 29.2 Å². The predicted octanol–water partition coefficient (Wildman–Crippen LogP) is 3.54. The van der Waals surface area contributed by atoms with Gasteiger partial charge in [0.05, 0.1) is 0 Å². The second-order valence-corrected chi connectivity index (χ2v) is 4.56. The Labute approximate surface area is 99.2 Å². The minimum absolute atomic E-state index is 0.290. The molecule has 1 heterocycles. The molecule has 0 saturated carbocycles. The number of carbonyl (C=O) groups is 1. The van der Waals surface area contributed by atoms with Crippen molar-refractivity contribution in [1.29, 1.82) is 0 Å². The first-order valence-corrected chi connectivity index (χ1v) is 6.14. The number of halogens is 1. The van der Waals surface area contributed by atoms with Crippen LogP contribution in [0.2, 0.25) is 0 Å². The third-order valence-electron chi connectivity index (χ3n) is 2.23. The zero-order chi connectivity index (χ0) is 11.1. The van der Waals surface area contributed by atoms with Gasteiger partial charge in [0.15, 0.2) is 0 Å². The standard InChI is InChI=1S/C12H16BrNO/c1-2-3-4-5-12(15)8-11-7-6-10(13)9-14-11/h6-7,9H,2-5,8H2,1H3. The van der Waals surface area contributed by atoms with Crippen molar-refractivity contribution in [1.82, 2.24) is 4.98 Å². The lowest BCUT2D eigenvalue weighted by Crippen LogP contribution is -2.03. The van der Waals surface area contributed by atoms with Crippen molar-refractivity contribution in [2.45, 2.75) is 39.0 Å². The molecule has 0 bridgehead atoms. The number of nitrogens with zero attached hydrogens (tertiary/aromatic N) is 1. The number of rotatable bonds is 6. The smallest absolute Gasteiger partial charge is 0.138 e. The van der Waals surface area contributed by atoms with Crippen molar-refractivity contribution >= 4 is 21.7 Å². The van der Waals surface area contributed by atoms with Gasteiger partial charge >= 0.3 is 0 Å². The van der Waals surface area contributed by atoms with Crippen LogP contribution in [-0.2, 0) is 11.2 Å². The van der Waals surface area contributed by atoms with Gasteiger partial charge in [-0.2, -0.15) is 0 Å². The normalized spacial score (nSPS) is 10.3. The van der Waals surface area contributed by atoms with E-state index in [4.69, 9.17) is 0 Å². The van der Waals surface area contributed by atoms with Crippen LogP contribution in [0, 0.1) is 0 Å². The maximum atomic E-state index is 11.5.